The Morgan fingerprint density at radius 1 is 1.14 bits per heavy atom. The Labute approximate surface area is 129 Å². The number of hydrogen-bond donors (Lipinski definition) is 1. The third-order valence-electron chi connectivity index (χ3n) is 5.08. The molecule has 0 amide bonds. The van der Waals surface area contributed by atoms with Gasteiger partial charge in [0.25, 0.3) is 0 Å². The van der Waals surface area contributed by atoms with Crippen LogP contribution in [0.1, 0.15) is 68.5 Å². The number of hydrogen-bond acceptors (Lipinski definition) is 3. The average Bonchev–Trinajstić information content (AvgIpc) is 3.25. The van der Waals surface area contributed by atoms with E-state index < -0.39 is 0 Å². The predicted octanol–water partition coefficient (Wildman–Crippen LogP) is 3.99. The van der Waals surface area contributed by atoms with Gasteiger partial charge in [0.2, 0.25) is 0 Å². The second-order valence-electron chi connectivity index (χ2n) is 7.01. The Morgan fingerprint density at radius 3 is 2.52 bits per heavy atom. The van der Waals surface area contributed by atoms with Crippen LogP contribution in [0.25, 0.3) is 0 Å². The molecule has 2 fully saturated rings. The minimum absolute atomic E-state index is 0.742. The summed E-state index contributed by atoms with van der Waals surface area (Å²) in [5.41, 5.74) is 1.34. The smallest absolute Gasteiger partial charge is 0.118 e. The number of nitrogens with zero attached hydrogens (tertiary/aromatic N) is 1. The molecule has 0 atom stereocenters. The summed E-state index contributed by atoms with van der Waals surface area (Å²) >= 11 is 0. The van der Waals surface area contributed by atoms with E-state index in [4.69, 9.17) is 4.42 Å². The van der Waals surface area contributed by atoms with Crippen LogP contribution >= 0.6 is 0 Å². The standard InChI is InChI=1S/C18H30N2O/c1-14-15(12-19-16-9-10-16)11-18(21-14)13-20(2)17-7-5-3-4-6-8-17/h11,16-17,19H,3-10,12-13H2,1-2H3. The topological polar surface area (TPSA) is 28.4 Å². The second-order valence-corrected chi connectivity index (χ2v) is 7.01. The molecular weight excluding hydrogens is 260 g/mol. The van der Waals surface area contributed by atoms with Crippen LogP contribution in [0.4, 0.5) is 0 Å². The molecule has 118 valence electrons. The van der Waals surface area contributed by atoms with Gasteiger partial charge in [-0.3, -0.25) is 4.90 Å². The molecular formula is C18H30N2O. The first kappa shape index (κ1) is 15.1. The first-order chi connectivity index (χ1) is 10.2. The van der Waals surface area contributed by atoms with Gasteiger partial charge in [-0.2, -0.15) is 0 Å². The molecule has 0 aromatic carbocycles. The van der Waals surface area contributed by atoms with Crippen molar-refractivity contribution in [2.75, 3.05) is 7.05 Å². The molecule has 1 aromatic rings. The van der Waals surface area contributed by atoms with Crippen molar-refractivity contribution < 1.29 is 4.42 Å². The van der Waals surface area contributed by atoms with Crippen LogP contribution in [0.3, 0.4) is 0 Å². The SMILES string of the molecule is Cc1oc(CN(C)C2CCCCCC2)cc1CNC1CC1. The summed E-state index contributed by atoms with van der Waals surface area (Å²) in [6.45, 7) is 4.02. The molecule has 0 aliphatic heterocycles. The molecule has 0 saturated heterocycles. The largest absolute Gasteiger partial charge is 0.465 e. The van der Waals surface area contributed by atoms with E-state index in [0.717, 1.165) is 36.7 Å². The minimum atomic E-state index is 0.742. The lowest BCUT2D eigenvalue weighted by molar-refractivity contribution is 0.197. The highest BCUT2D eigenvalue weighted by molar-refractivity contribution is 5.21. The van der Waals surface area contributed by atoms with Crippen LogP contribution in [0.15, 0.2) is 10.5 Å². The van der Waals surface area contributed by atoms with E-state index in [0.29, 0.717) is 0 Å². The van der Waals surface area contributed by atoms with Gasteiger partial charge in [0.15, 0.2) is 0 Å². The lowest BCUT2D eigenvalue weighted by atomic mass is 10.1. The maximum atomic E-state index is 5.98. The Balaban J connectivity index is 1.54. The average molecular weight is 290 g/mol. The molecule has 3 heteroatoms. The van der Waals surface area contributed by atoms with Crippen molar-refractivity contribution in [3.63, 3.8) is 0 Å². The molecule has 0 unspecified atom stereocenters. The Hall–Kier alpha value is -0.800. The normalized spacial score (nSPS) is 20.9. The van der Waals surface area contributed by atoms with Gasteiger partial charge >= 0.3 is 0 Å². The maximum absolute atomic E-state index is 5.98. The van der Waals surface area contributed by atoms with Crippen molar-refractivity contribution in [1.29, 1.82) is 0 Å². The number of aryl methyl sites for hydroxylation is 1. The predicted molar refractivity (Wildman–Crippen MR) is 86.3 cm³/mol. The monoisotopic (exact) mass is 290 g/mol. The summed E-state index contributed by atoms with van der Waals surface area (Å²) in [4.78, 5) is 2.50. The van der Waals surface area contributed by atoms with E-state index in [1.165, 1.54) is 56.9 Å². The Bertz CT molecular complexity index is 442. The summed E-state index contributed by atoms with van der Waals surface area (Å²) in [7, 11) is 2.26. The van der Waals surface area contributed by atoms with Gasteiger partial charge in [0, 0.05) is 24.2 Å². The molecule has 3 nitrogen and oxygen atoms in total. The summed E-state index contributed by atoms with van der Waals surface area (Å²) in [5, 5.41) is 3.58. The van der Waals surface area contributed by atoms with Crippen molar-refractivity contribution in [3.05, 3.63) is 23.2 Å². The molecule has 1 heterocycles. The minimum Gasteiger partial charge on any atom is -0.465 e. The molecule has 0 spiro atoms. The van der Waals surface area contributed by atoms with Gasteiger partial charge < -0.3 is 9.73 Å². The zero-order valence-electron chi connectivity index (χ0n) is 13.7. The van der Waals surface area contributed by atoms with E-state index >= 15 is 0 Å². The highest BCUT2D eigenvalue weighted by Gasteiger charge is 2.22. The van der Waals surface area contributed by atoms with Gasteiger partial charge in [-0.25, -0.2) is 0 Å². The molecule has 0 bridgehead atoms. The first-order valence-corrected chi connectivity index (χ1v) is 8.74. The lowest BCUT2D eigenvalue weighted by Crippen LogP contribution is -2.30. The highest BCUT2D eigenvalue weighted by atomic mass is 16.3. The number of furan rings is 1. The molecule has 2 saturated carbocycles. The van der Waals surface area contributed by atoms with Crippen molar-refractivity contribution in [3.8, 4) is 0 Å². The van der Waals surface area contributed by atoms with Gasteiger partial charge in [0.1, 0.15) is 11.5 Å². The quantitative estimate of drug-likeness (QED) is 0.803. The highest BCUT2D eigenvalue weighted by Crippen LogP contribution is 2.24. The van der Waals surface area contributed by atoms with Gasteiger partial charge in [-0.15, -0.1) is 0 Å². The second kappa shape index (κ2) is 6.97. The van der Waals surface area contributed by atoms with E-state index in [9.17, 15) is 0 Å². The van der Waals surface area contributed by atoms with E-state index in [2.05, 4.69) is 30.3 Å². The van der Waals surface area contributed by atoms with Crippen LogP contribution < -0.4 is 5.32 Å². The maximum Gasteiger partial charge on any atom is 0.118 e. The molecule has 1 N–H and O–H groups in total. The fraction of sp³-hybridized carbons (Fsp3) is 0.778. The Morgan fingerprint density at radius 2 is 1.86 bits per heavy atom. The fourth-order valence-corrected chi connectivity index (χ4v) is 3.46. The van der Waals surface area contributed by atoms with Crippen LogP contribution in [0, 0.1) is 6.92 Å². The molecule has 3 rings (SSSR count). The van der Waals surface area contributed by atoms with Crippen LogP contribution in [-0.2, 0) is 13.1 Å². The molecule has 21 heavy (non-hydrogen) atoms. The molecule has 2 aliphatic rings. The number of rotatable bonds is 6. The summed E-state index contributed by atoms with van der Waals surface area (Å²) in [6.07, 6.45) is 11.0. The third kappa shape index (κ3) is 4.33. The number of nitrogens with one attached hydrogen (secondary N) is 1. The fourth-order valence-electron chi connectivity index (χ4n) is 3.46. The first-order valence-electron chi connectivity index (χ1n) is 8.74. The van der Waals surface area contributed by atoms with Gasteiger partial charge in [-0.05, 0) is 45.7 Å². The van der Waals surface area contributed by atoms with Gasteiger partial charge in [0.05, 0.1) is 6.54 Å². The van der Waals surface area contributed by atoms with E-state index in [-0.39, 0.29) is 0 Å². The van der Waals surface area contributed by atoms with Crippen molar-refractivity contribution in [1.82, 2.24) is 10.2 Å². The van der Waals surface area contributed by atoms with Crippen LogP contribution in [0.5, 0.6) is 0 Å². The molecule has 1 aromatic heterocycles. The van der Waals surface area contributed by atoms with Crippen LogP contribution in [0.2, 0.25) is 0 Å². The lowest BCUT2D eigenvalue weighted by Gasteiger charge is -2.26. The summed E-state index contributed by atoms with van der Waals surface area (Å²) < 4.78 is 5.98. The van der Waals surface area contributed by atoms with Crippen molar-refractivity contribution in [2.24, 2.45) is 0 Å². The molecule has 2 aliphatic carbocycles. The van der Waals surface area contributed by atoms with E-state index in [1.54, 1.807) is 0 Å². The van der Waals surface area contributed by atoms with Crippen LogP contribution in [-0.4, -0.2) is 24.0 Å². The third-order valence-corrected chi connectivity index (χ3v) is 5.08. The Kier molecular flexibility index (Phi) is 5.02. The zero-order valence-corrected chi connectivity index (χ0v) is 13.7. The molecule has 0 radical (unpaired) electrons. The van der Waals surface area contributed by atoms with Gasteiger partial charge in [-0.1, -0.05) is 25.7 Å². The van der Waals surface area contributed by atoms with E-state index in [1.807, 2.05) is 0 Å². The zero-order chi connectivity index (χ0) is 14.7. The summed E-state index contributed by atoms with van der Waals surface area (Å²) in [5.74, 6) is 2.22. The van der Waals surface area contributed by atoms with Crippen molar-refractivity contribution in [2.45, 2.75) is 83.5 Å². The van der Waals surface area contributed by atoms with Crippen molar-refractivity contribution >= 4 is 0 Å². The summed E-state index contributed by atoms with van der Waals surface area (Å²) in [6, 6.07) is 3.76.